The quantitative estimate of drug-likeness (QED) is 0.390. The molecule has 0 radical (unpaired) electrons. The Hall–Kier alpha value is -3.33. The molecule has 0 aliphatic carbocycles. The van der Waals surface area contributed by atoms with Crippen LogP contribution in [0.1, 0.15) is 11.3 Å². The first-order chi connectivity index (χ1) is 13.4. The van der Waals surface area contributed by atoms with Crippen LogP contribution in [0.3, 0.4) is 0 Å². The Morgan fingerprint density at radius 1 is 1.21 bits per heavy atom. The molecule has 1 aliphatic rings. The zero-order valence-electron chi connectivity index (χ0n) is 14.9. The molecule has 0 spiro atoms. The summed E-state index contributed by atoms with van der Waals surface area (Å²) in [5.74, 6) is 0.170. The molecule has 9 heteroatoms. The van der Waals surface area contributed by atoms with Crippen molar-refractivity contribution < 1.29 is 23.7 Å². The summed E-state index contributed by atoms with van der Waals surface area (Å²) < 4.78 is 10.5. The van der Waals surface area contributed by atoms with Crippen molar-refractivity contribution in [1.29, 1.82) is 0 Å². The molecule has 1 fully saturated rings. The topological polar surface area (TPSA) is 103 Å². The molecule has 28 heavy (non-hydrogen) atoms. The van der Waals surface area contributed by atoms with Crippen LogP contribution in [0, 0.1) is 17.0 Å². The number of ether oxygens (including phenoxy) is 1. The van der Waals surface area contributed by atoms with Gasteiger partial charge in [0.05, 0.1) is 17.5 Å². The Balaban J connectivity index is 1.56. The van der Waals surface area contributed by atoms with E-state index >= 15 is 0 Å². The predicted octanol–water partition coefficient (Wildman–Crippen LogP) is 4.17. The number of amides is 2. The number of carbonyl (C=O) groups is 2. The molecule has 3 rings (SSSR count). The molecule has 0 N–H and O–H groups in total. The van der Waals surface area contributed by atoms with Crippen LogP contribution in [0.5, 0.6) is 5.75 Å². The van der Waals surface area contributed by atoms with E-state index in [9.17, 15) is 19.7 Å². The summed E-state index contributed by atoms with van der Waals surface area (Å²) in [7, 11) is 0. The lowest BCUT2D eigenvalue weighted by Crippen LogP contribution is -2.32. The maximum Gasteiger partial charge on any atom is 0.433 e. The first kappa shape index (κ1) is 19.4. The maximum absolute atomic E-state index is 12.4. The van der Waals surface area contributed by atoms with Crippen LogP contribution in [-0.2, 0) is 4.79 Å². The summed E-state index contributed by atoms with van der Waals surface area (Å²) in [6.07, 6.45) is 4.45. The largest absolute Gasteiger partial charge is 0.492 e. The van der Waals surface area contributed by atoms with Gasteiger partial charge in [-0.3, -0.25) is 24.6 Å². The summed E-state index contributed by atoms with van der Waals surface area (Å²) in [5.41, 5.74) is 1.11. The molecule has 144 valence electrons. The molecule has 0 atom stereocenters. The smallest absolute Gasteiger partial charge is 0.433 e. The van der Waals surface area contributed by atoms with E-state index in [1.807, 2.05) is 31.2 Å². The molecule has 1 aromatic carbocycles. The van der Waals surface area contributed by atoms with Gasteiger partial charge in [-0.15, -0.1) is 0 Å². The van der Waals surface area contributed by atoms with E-state index in [0.717, 1.165) is 22.2 Å². The van der Waals surface area contributed by atoms with E-state index in [1.165, 1.54) is 30.4 Å². The molecule has 8 nitrogen and oxygen atoms in total. The van der Waals surface area contributed by atoms with Gasteiger partial charge in [0, 0.05) is 0 Å². The summed E-state index contributed by atoms with van der Waals surface area (Å²) in [6, 6.07) is 10.2. The Kier molecular flexibility index (Phi) is 5.95. The zero-order chi connectivity index (χ0) is 20.1. The highest BCUT2D eigenvalue weighted by Crippen LogP contribution is 2.30. The van der Waals surface area contributed by atoms with Crippen LogP contribution < -0.4 is 4.74 Å². The van der Waals surface area contributed by atoms with E-state index in [-0.39, 0.29) is 34.9 Å². The van der Waals surface area contributed by atoms with E-state index in [4.69, 9.17) is 9.15 Å². The van der Waals surface area contributed by atoms with E-state index < -0.39 is 10.8 Å². The number of furan rings is 1. The van der Waals surface area contributed by atoms with Gasteiger partial charge in [0.15, 0.2) is 0 Å². The highest BCUT2D eigenvalue weighted by molar-refractivity contribution is 8.18. The molecular formula is C19H16N2O6S. The minimum atomic E-state index is -0.638. The van der Waals surface area contributed by atoms with Crippen molar-refractivity contribution in [2.75, 3.05) is 13.2 Å². The van der Waals surface area contributed by atoms with Gasteiger partial charge in [0.25, 0.3) is 11.1 Å². The molecule has 2 amide bonds. The maximum atomic E-state index is 12.4. The van der Waals surface area contributed by atoms with E-state index in [2.05, 4.69) is 0 Å². The Bertz CT molecular complexity index is 961. The molecule has 1 saturated heterocycles. The molecular weight excluding hydrogens is 384 g/mol. The third-order valence-electron chi connectivity index (χ3n) is 3.78. The number of nitro groups is 1. The predicted molar refractivity (Wildman–Crippen MR) is 104 cm³/mol. The SMILES string of the molecule is Cc1ccc(OCCN2C(=O)S/C(=C\C=C\c3ccc([N+](=O)[O-])o3)C2=O)cc1. The van der Waals surface area contributed by atoms with Crippen LogP contribution in [-0.4, -0.2) is 34.1 Å². The van der Waals surface area contributed by atoms with Gasteiger partial charge in [-0.1, -0.05) is 23.8 Å². The van der Waals surface area contributed by atoms with Crippen molar-refractivity contribution in [2.24, 2.45) is 0 Å². The number of carbonyl (C=O) groups excluding carboxylic acids is 2. The second-order valence-corrected chi connectivity index (χ2v) is 6.80. The summed E-state index contributed by atoms with van der Waals surface area (Å²) in [5, 5.41) is 10.2. The van der Waals surface area contributed by atoms with Gasteiger partial charge in [-0.2, -0.15) is 0 Å². The van der Waals surface area contributed by atoms with Gasteiger partial charge < -0.3 is 9.15 Å². The number of allylic oxidation sites excluding steroid dienone is 2. The molecule has 1 aromatic heterocycles. The average molecular weight is 400 g/mol. The molecule has 0 bridgehead atoms. The van der Waals surface area contributed by atoms with Crippen LogP contribution in [0.4, 0.5) is 10.7 Å². The highest BCUT2D eigenvalue weighted by atomic mass is 32.2. The van der Waals surface area contributed by atoms with Crippen LogP contribution in [0.25, 0.3) is 6.08 Å². The van der Waals surface area contributed by atoms with Gasteiger partial charge in [-0.25, -0.2) is 0 Å². The fourth-order valence-corrected chi connectivity index (χ4v) is 3.17. The lowest BCUT2D eigenvalue weighted by atomic mass is 10.2. The van der Waals surface area contributed by atoms with Gasteiger partial charge >= 0.3 is 5.88 Å². The zero-order valence-corrected chi connectivity index (χ0v) is 15.7. The molecule has 0 unspecified atom stereocenters. The Labute approximate surface area is 164 Å². The monoisotopic (exact) mass is 400 g/mol. The van der Waals surface area contributed by atoms with Gasteiger partial charge in [0.1, 0.15) is 23.0 Å². The third-order valence-corrected chi connectivity index (χ3v) is 4.70. The van der Waals surface area contributed by atoms with Crippen molar-refractivity contribution in [3.63, 3.8) is 0 Å². The van der Waals surface area contributed by atoms with Crippen molar-refractivity contribution in [3.8, 4) is 5.75 Å². The molecule has 2 aromatic rings. The number of benzene rings is 1. The summed E-state index contributed by atoms with van der Waals surface area (Å²) >= 11 is 0.828. The minimum absolute atomic E-state index is 0.143. The van der Waals surface area contributed by atoms with Crippen LogP contribution in [0.2, 0.25) is 0 Å². The Morgan fingerprint density at radius 3 is 2.64 bits per heavy atom. The Morgan fingerprint density at radius 2 is 1.96 bits per heavy atom. The van der Waals surface area contributed by atoms with Crippen LogP contribution in [0.15, 0.2) is 57.9 Å². The number of thioether (sulfide) groups is 1. The molecule has 1 aliphatic heterocycles. The lowest BCUT2D eigenvalue weighted by Gasteiger charge is -2.13. The first-order valence-corrected chi connectivity index (χ1v) is 9.11. The van der Waals surface area contributed by atoms with E-state index in [1.54, 1.807) is 0 Å². The van der Waals surface area contributed by atoms with Crippen molar-refractivity contribution in [2.45, 2.75) is 6.92 Å². The number of aryl methyl sites for hydroxylation is 1. The molecule has 2 heterocycles. The average Bonchev–Trinajstić information content (AvgIpc) is 3.24. The van der Waals surface area contributed by atoms with Crippen molar-refractivity contribution in [3.05, 3.63) is 74.9 Å². The normalized spacial score (nSPS) is 15.8. The third kappa shape index (κ3) is 4.68. The fraction of sp³-hybridized carbons (Fsp3) is 0.158. The second-order valence-electron chi connectivity index (χ2n) is 5.81. The first-order valence-electron chi connectivity index (χ1n) is 8.30. The van der Waals surface area contributed by atoms with Gasteiger partial charge in [-0.05, 0) is 49.0 Å². The number of imide groups is 1. The number of hydrogen-bond acceptors (Lipinski definition) is 7. The van der Waals surface area contributed by atoms with E-state index in [0.29, 0.717) is 5.75 Å². The fourth-order valence-electron chi connectivity index (χ4n) is 2.36. The minimum Gasteiger partial charge on any atom is -0.492 e. The van der Waals surface area contributed by atoms with Crippen molar-refractivity contribution >= 4 is 34.9 Å². The summed E-state index contributed by atoms with van der Waals surface area (Å²) in [4.78, 5) is 35.7. The molecule has 0 saturated carbocycles. The summed E-state index contributed by atoms with van der Waals surface area (Å²) in [6.45, 7) is 2.31. The number of hydrogen-bond donors (Lipinski definition) is 0. The lowest BCUT2D eigenvalue weighted by molar-refractivity contribution is -0.402. The highest BCUT2D eigenvalue weighted by Gasteiger charge is 2.34. The van der Waals surface area contributed by atoms with Crippen LogP contribution >= 0.6 is 11.8 Å². The van der Waals surface area contributed by atoms with Gasteiger partial charge in [0.2, 0.25) is 0 Å². The second kappa shape index (κ2) is 8.57. The number of nitrogens with zero attached hydrogens (tertiary/aromatic N) is 2. The number of rotatable bonds is 7. The van der Waals surface area contributed by atoms with Crippen molar-refractivity contribution in [1.82, 2.24) is 4.90 Å². The standard InChI is InChI=1S/C19H16N2O6S/c1-13-5-7-14(8-6-13)26-12-11-20-18(22)16(28-19(20)23)4-2-3-15-9-10-17(27-15)21(24)25/h2-10H,11-12H2,1H3/b3-2+,16-4-.